The van der Waals surface area contributed by atoms with E-state index < -0.39 is 0 Å². The quantitative estimate of drug-likeness (QED) is 0.887. The third-order valence-electron chi connectivity index (χ3n) is 3.34. The monoisotopic (exact) mass is 252 g/mol. The Morgan fingerprint density at radius 2 is 2.18 bits per heavy atom. The number of rotatable bonds is 4. The van der Waals surface area contributed by atoms with Crippen molar-refractivity contribution in [2.45, 2.75) is 31.8 Å². The lowest BCUT2D eigenvalue weighted by Crippen LogP contribution is -2.42. The van der Waals surface area contributed by atoms with E-state index in [4.69, 9.17) is 11.6 Å². The maximum Gasteiger partial charge on any atom is 0.0451 e. The van der Waals surface area contributed by atoms with Crippen molar-refractivity contribution in [1.29, 1.82) is 0 Å². The summed E-state index contributed by atoms with van der Waals surface area (Å²) in [6.45, 7) is 3.20. The molecule has 1 fully saturated rings. The third kappa shape index (κ3) is 3.98. The minimum atomic E-state index is 0.649. The highest BCUT2D eigenvalue weighted by atomic mass is 35.5. The molecular weight excluding hydrogens is 232 g/mol. The zero-order valence-corrected chi connectivity index (χ0v) is 11.2. The summed E-state index contributed by atoms with van der Waals surface area (Å²) in [4.78, 5) is 2.35. The number of halogens is 1. The van der Waals surface area contributed by atoms with Crippen molar-refractivity contribution in [3.05, 3.63) is 34.9 Å². The molecule has 3 heteroatoms. The Labute approximate surface area is 109 Å². The molecule has 0 amide bonds. The summed E-state index contributed by atoms with van der Waals surface area (Å²) in [7, 11) is 2.17. The molecule has 1 atom stereocenters. The molecule has 2 nitrogen and oxygen atoms in total. The van der Waals surface area contributed by atoms with Crippen molar-refractivity contribution < 1.29 is 0 Å². The van der Waals surface area contributed by atoms with Crippen LogP contribution in [0.25, 0.3) is 0 Å². The third-order valence-corrected chi connectivity index (χ3v) is 3.71. The fraction of sp³-hybridized carbons (Fsp3) is 0.571. The van der Waals surface area contributed by atoms with E-state index in [-0.39, 0.29) is 0 Å². The van der Waals surface area contributed by atoms with Gasteiger partial charge in [-0.25, -0.2) is 0 Å². The molecule has 1 aromatic carbocycles. The molecule has 94 valence electrons. The largest absolute Gasteiger partial charge is 0.313 e. The highest BCUT2D eigenvalue weighted by Crippen LogP contribution is 2.17. The minimum absolute atomic E-state index is 0.649. The molecule has 1 aromatic rings. The molecular formula is C14H21ClN2. The van der Waals surface area contributed by atoms with Crippen LogP contribution in [0.2, 0.25) is 5.02 Å². The Hall–Kier alpha value is -0.570. The summed E-state index contributed by atoms with van der Waals surface area (Å²) >= 11 is 6.17. The van der Waals surface area contributed by atoms with Crippen molar-refractivity contribution in [3.8, 4) is 0 Å². The van der Waals surface area contributed by atoms with Gasteiger partial charge in [0.1, 0.15) is 0 Å². The van der Waals surface area contributed by atoms with E-state index in [9.17, 15) is 0 Å². The predicted molar refractivity (Wildman–Crippen MR) is 73.4 cm³/mol. The molecule has 17 heavy (non-hydrogen) atoms. The maximum absolute atomic E-state index is 6.17. The Kier molecular flexibility index (Phi) is 4.84. The van der Waals surface area contributed by atoms with Gasteiger partial charge in [-0.05, 0) is 38.1 Å². The van der Waals surface area contributed by atoms with Crippen molar-refractivity contribution in [2.24, 2.45) is 0 Å². The van der Waals surface area contributed by atoms with Gasteiger partial charge in [-0.15, -0.1) is 0 Å². The molecule has 1 aliphatic rings. The van der Waals surface area contributed by atoms with Gasteiger partial charge < -0.3 is 10.2 Å². The van der Waals surface area contributed by atoms with E-state index in [2.05, 4.69) is 23.3 Å². The van der Waals surface area contributed by atoms with Gasteiger partial charge in [0, 0.05) is 24.2 Å². The van der Waals surface area contributed by atoms with Crippen LogP contribution in [-0.2, 0) is 6.54 Å². The van der Waals surface area contributed by atoms with E-state index in [1.807, 2.05) is 18.2 Å². The standard InChI is InChI=1S/C14H21ClN2/c1-17(11-13-7-4-5-9-16-13)10-12-6-2-3-8-14(12)15/h2-3,6,8,13,16H,4-5,7,9-11H2,1H3. The van der Waals surface area contributed by atoms with Crippen LogP contribution in [0.15, 0.2) is 24.3 Å². The summed E-state index contributed by atoms with van der Waals surface area (Å²) in [6, 6.07) is 8.75. The fourth-order valence-electron chi connectivity index (χ4n) is 2.44. The van der Waals surface area contributed by atoms with Crippen LogP contribution in [0.3, 0.4) is 0 Å². The number of nitrogens with one attached hydrogen (secondary N) is 1. The Morgan fingerprint density at radius 1 is 1.35 bits per heavy atom. The van der Waals surface area contributed by atoms with E-state index >= 15 is 0 Å². The zero-order valence-electron chi connectivity index (χ0n) is 10.5. The van der Waals surface area contributed by atoms with E-state index in [0.717, 1.165) is 18.1 Å². The van der Waals surface area contributed by atoms with Crippen LogP contribution in [-0.4, -0.2) is 31.1 Å². The second-order valence-corrected chi connectivity index (χ2v) is 5.34. The molecule has 0 radical (unpaired) electrons. The Morgan fingerprint density at radius 3 is 2.88 bits per heavy atom. The smallest absolute Gasteiger partial charge is 0.0451 e. The van der Waals surface area contributed by atoms with Gasteiger partial charge in [-0.3, -0.25) is 0 Å². The van der Waals surface area contributed by atoms with Crippen molar-refractivity contribution in [1.82, 2.24) is 10.2 Å². The van der Waals surface area contributed by atoms with Crippen molar-refractivity contribution in [2.75, 3.05) is 20.1 Å². The first kappa shape index (κ1) is 12.9. The predicted octanol–water partition coefficient (Wildman–Crippen LogP) is 2.91. The number of likely N-dealkylation sites (N-methyl/N-ethyl adjacent to an activating group) is 1. The van der Waals surface area contributed by atoms with Gasteiger partial charge in [-0.2, -0.15) is 0 Å². The zero-order chi connectivity index (χ0) is 12.1. The first-order valence-corrected chi connectivity index (χ1v) is 6.79. The molecule has 0 aromatic heterocycles. The molecule has 1 heterocycles. The molecule has 1 saturated heterocycles. The fourth-order valence-corrected chi connectivity index (χ4v) is 2.63. The summed E-state index contributed by atoms with van der Waals surface area (Å²) in [6.07, 6.45) is 3.98. The number of nitrogens with zero attached hydrogens (tertiary/aromatic N) is 1. The summed E-state index contributed by atoms with van der Waals surface area (Å²) in [5.41, 5.74) is 1.22. The number of hydrogen-bond donors (Lipinski definition) is 1. The van der Waals surface area contributed by atoms with Crippen LogP contribution in [0.5, 0.6) is 0 Å². The van der Waals surface area contributed by atoms with Crippen molar-refractivity contribution >= 4 is 11.6 Å². The normalized spacial score (nSPS) is 20.8. The van der Waals surface area contributed by atoms with Crippen LogP contribution in [0.1, 0.15) is 24.8 Å². The van der Waals surface area contributed by atoms with Gasteiger partial charge in [0.05, 0.1) is 0 Å². The van der Waals surface area contributed by atoms with Gasteiger partial charge in [0.25, 0.3) is 0 Å². The summed E-state index contributed by atoms with van der Waals surface area (Å²) in [5.74, 6) is 0. The van der Waals surface area contributed by atoms with Crippen molar-refractivity contribution in [3.63, 3.8) is 0 Å². The first-order chi connectivity index (χ1) is 8.25. The molecule has 1 aliphatic heterocycles. The highest BCUT2D eigenvalue weighted by Gasteiger charge is 2.14. The molecule has 0 spiro atoms. The molecule has 0 saturated carbocycles. The van der Waals surface area contributed by atoms with E-state index in [1.54, 1.807) is 0 Å². The molecule has 0 bridgehead atoms. The Bertz CT molecular complexity index is 348. The average Bonchev–Trinajstić information content (AvgIpc) is 2.33. The van der Waals surface area contributed by atoms with Gasteiger partial charge in [0.15, 0.2) is 0 Å². The van der Waals surface area contributed by atoms with Gasteiger partial charge >= 0.3 is 0 Å². The number of piperidine rings is 1. The second-order valence-electron chi connectivity index (χ2n) is 4.93. The van der Waals surface area contributed by atoms with Crippen LogP contribution in [0.4, 0.5) is 0 Å². The Balaban J connectivity index is 1.84. The molecule has 1 N–H and O–H groups in total. The van der Waals surface area contributed by atoms with E-state index in [0.29, 0.717) is 6.04 Å². The summed E-state index contributed by atoms with van der Waals surface area (Å²) in [5, 5.41) is 4.45. The van der Waals surface area contributed by atoms with Gasteiger partial charge in [-0.1, -0.05) is 36.2 Å². The van der Waals surface area contributed by atoms with Crippen LogP contribution in [0, 0.1) is 0 Å². The lowest BCUT2D eigenvalue weighted by Gasteiger charge is -2.28. The van der Waals surface area contributed by atoms with Crippen LogP contribution >= 0.6 is 11.6 Å². The SMILES string of the molecule is CN(Cc1ccccc1Cl)CC1CCCCN1. The van der Waals surface area contributed by atoms with E-state index in [1.165, 1.54) is 31.4 Å². The lowest BCUT2D eigenvalue weighted by molar-refractivity contribution is 0.256. The maximum atomic E-state index is 6.17. The topological polar surface area (TPSA) is 15.3 Å². The molecule has 0 aliphatic carbocycles. The second kappa shape index (κ2) is 6.39. The summed E-state index contributed by atoms with van der Waals surface area (Å²) < 4.78 is 0. The number of hydrogen-bond acceptors (Lipinski definition) is 2. The van der Waals surface area contributed by atoms with Crippen LogP contribution < -0.4 is 5.32 Å². The van der Waals surface area contributed by atoms with Gasteiger partial charge in [0.2, 0.25) is 0 Å². The first-order valence-electron chi connectivity index (χ1n) is 6.41. The molecule has 1 unspecified atom stereocenters. The number of benzene rings is 1. The highest BCUT2D eigenvalue weighted by molar-refractivity contribution is 6.31. The minimum Gasteiger partial charge on any atom is -0.313 e. The molecule has 2 rings (SSSR count). The lowest BCUT2D eigenvalue weighted by atomic mass is 10.0. The average molecular weight is 253 g/mol.